The monoisotopic (exact) mass is 633 g/mol. The smallest absolute Gasteiger partial charge is 0.409 e. The van der Waals surface area contributed by atoms with Crippen LogP contribution in [0.4, 0.5) is 9.59 Å². The number of ether oxygens (including phenoxy) is 2. The summed E-state index contributed by atoms with van der Waals surface area (Å²) in [6.07, 6.45) is 3.38. The number of hydrogen-bond donors (Lipinski definition) is 3. The molecule has 0 unspecified atom stereocenters. The van der Waals surface area contributed by atoms with E-state index in [0.29, 0.717) is 18.9 Å². The Labute approximate surface area is 268 Å². The second-order valence-electron chi connectivity index (χ2n) is 12.8. The molecule has 0 heterocycles. The van der Waals surface area contributed by atoms with Crippen molar-refractivity contribution >= 4 is 24.0 Å². The lowest BCUT2D eigenvalue weighted by atomic mass is 9.89. The van der Waals surface area contributed by atoms with Gasteiger partial charge in [-0.1, -0.05) is 77.3 Å². The highest BCUT2D eigenvalue weighted by Gasteiger charge is 2.36. The summed E-state index contributed by atoms with van der Waals surface area (Å²) in [6, 6.07) is 7.14. The highest BCUT2D eigenvalue weighted by molar-refractivity contribution is 5.86. The van der Waals surface area contributed by atoms with E-state index in [1.54, 1.807) is 5.01 Å². The summed E-state index contributed by atoms with van der Waals surface area (Å²) in [5.41, 5.74) is 3.90. The molecule has 1 aromatic rings. The number of amides is 4. The minimum atomic E-state index is -1.09. The van der Waals surface area contributed by atoms with E-state index >= 15 is 0 Å². The predicted octanol–water partition coefficient (Wildman–Crippen LogP) is 3.43. The number of rotatable bonds is 15. The Hall–Kier alpha value is -3.38. The Morgan fingerprint density at radius 3 is 1.84 bits per heavy atom. The van der Waals surface area contributed by atoms with Gasteiger partial charge in [-0.05, 0) is 42.6 Å². The quantitative estimate of drug-likeness (QED) is 0.250. The molecule has 4 amide bonds. The molecule has 12 nitrogen and oxygen atoms in total. The molecular formula is C33H55N5O7. The van der Waals surface area contributed by atoms with Crippen molar-refractivity contribution in [1.29, 1.82) is 0 Å². The van der Waals surface area contributed by atoms with E-state index < -0.39 is 42.3 Å². The number of nitrogens with zero attached hydrogens (tertiary/aromatic N) is 3. The number of hydrazine groups is 1. The lowest BCUT2D eigenvalue weighted by Gasteiger charge is -2.37. The minimum Gasteiger partial charge on any atom is -0.453 e. The molecule has 0 bridgehead atoms. The Morgan fingerprint density at radius 2 is 1.36 bits per heavy atom. The van der Waals surface area contributed by atoms with Crippen LogP contribution in [0.15, 0.2) is 30.3 Å². The average Bonchev–Trinajstić information content (AvgIpc) is 3.00. The first-order valence-corrected chi connectivity index (χ1v) is 16.0. The van der Waals surface area contributed by atoms with Gasteiger partial charge in [0, 0.05) is 27.2 Å². The first-order valence-electron chi connectivity index (χ1n) is 16.0. The third kappa shape index (κ3) is 11.5. The molecule has 254 valence electrons. The predicted molar refractivity (Wildman–Crippen MR) is 172 cm³/mol. The van der Waals surface area contributed by atoms with Gasteiger partial charge in [0.15, 0.2) is 0 Å². The molecule has 1 aliphatic carbocycles. The zero-order valence-corrected chi connectivity index (χ0v) is 28.3. The van der Waals surface area contributed by atoms with Crippen LogP contribution < -0.4 is 10.7 Å². The Morgan fingerprint density at radius 1 is 0.844 bits per heavy atom. The number of likely N-dealkylation sites (N-methyl/N-ethyl adjacent to an activating group) is 2. The Kier molecular flexibility index (Phi) is 15.6. The summed E-state index contributed by atoms with van der Waals surface area (Å²) in [5, 5.41) is 16.5. The van der Waals surface area contributed by atoms with E-state index in [2.05, 4.69) is 10.7 Å². The summed E-state index contributed by atoms with van der Waals surface area (Å²) in [7, 11) is 5.57. The van der Waals surface area contributed by atoms with Gasteiger partial charge in [-0.15, -0.1) is 0 Å². The minimum absolute atomic E-state index is 0.0337. The van der Waals surface area contributed by atoms with Gasteiger partial charge in [0.05, 0.1) is 26.4 Å². The molecule has 1 aromatic carbocycles. The zero-order chi connectivity index (χ0) is 33.7. The van der Waals surface area contributed by atoms with Crippen LogP contribution in [0.3, 0.4) is 0 Å². The number of aliphatic hydroxyl groups excluding tert-OH is 1. The molecular weight excluding hydrogens is 578 g/mol. The summed E-state index contributed by atoms with van der Waals surface area (Å²) in [4.78, 5) is 54.5. The molecule has 0 saturated heterocycles. The maximum absolute atomic E-state index is 13.7. The largest absolute Gasteiger partial charge is 0.453 e. The summed E-state index contributed by atoms with van der Waals surface area (Å²) in [6.45, 7) is 7.93. The Balaban J connectivity index is 2.37. The van der Waals surface area contributed by atoms with Crippen LogP contribution in [0, 0.1) is 17.8 Å². The fourth-order valence-electron chi connectivity index (χ4n) is 6.21. The van der Waals surface area contributed by atoms with Crippen LogP contribution in [0.25, 0.3) is 0 Å². The second-order valence-corrected chi connectivity index (χ2v) is 12.8. The third-order valence-electron chi connectivity index (χ3n) is 8.53. The van der Waals surface area contributed by atoms with Crippen molar-refractivity contribution in [3.05, 3.63) is 35.9 Å². The van der Waals surface area contributed by atoms with E-state index in [0.717, 1.165) is 31.2 Å². The van der Waals surface area contributed by atoms with Crippen molar-refractivity contribution in [3.63, 3.8) is 0 Å². The molecule has 0 aliphatic heterocycles. The molecule has 1 fully saturated rings. The lowest BCUT2D eigenvalue weighted by Crippen LogP contribution is -2.60. The molecule has 45 heavy (non-hydrogen) atoms. The number of carbonyl (C=O) groups excluding carboxylic acids is 4. The van der Waals surface area contributed by atoms with Crippen molar-refractivity contribution in [2.75, 3.05) is 41.4 Å². The molecule has 2 rings (SSSR count). The fraction of sp³-hybridized carbons (Fsp3) is 0.697. The van der Waals surface area contributed by atoms with Crippen molar-refractivity contribution in [2.45, 2.75) is 90.4 Å². The highest BCUT2D eigenvalue weighted by Crippen LogP contribution is 2.24. The molecule has 12 heteroatoms. The van der Waals surface area contributed by atoms with Gasteiger partial charge in [-0.25, -0.2) is 14.6 Å². The molecule has 0 aromatic heterocycles. The van der Waals surface area contributed by atoms with Crippen molar-refractivity contribution < 1.29 is 33.8 Å². The SMILES string of the molecule is COC(=O)N(C)[C@H](C(=O)N[C@@H](Cc1ccccc1)[C@@H](O)CN(CC1CCCCC1)NC(=O)[C@H](C(C)C)N(C)C(=O)OC)C(C)C. The van der Waals surface area contributed by atoms with E-state index in [4.69, 9.17) is 9.47 Å². The van der Waals surface area contributed by atoms with E-state index in [9.17, 15) is 24.3 Å². The van der Waals surface area contributed by atoms with Gasteiger partial charge >= 0.3 is 12.2 Å². The molecule has 4 atom stereocenters. The highest BCUT2D eigenvalue weighted by atomic mass is 16.5. The number of nitrogens with one attached hydrogen (secondary N) is 2. The number of hydrogen-bond acceptors (Lipinski definition) is 8. The first kappa shape index (κ1) is 37.8. The normalized spacial score (nSPS) is 16.4. The van der Waals surface area contributed by atoms with Crippen LogP contribution in [-0.2, 0) is 25.5 Å². The van der Waals surface area contributed by atoms with Crippen molar-refractivity contribution in [1.82, 2.24) is 25.6 Å². The molecule has 3 N–H and O–H groups in total. The zero-order valence-electron chi connectivity index (χ0n) is 28.3. The van der Waals surface area contributed by atoms with E-state index in [1.165, 1.54) is 44.5 Å². The standard InChI is InChI=1S/C33H55N5O7/c1-22(2)28(36(5)32(42)44-7)30(40)34-26(19-24-15-11-9-12-16-24)27(39)21-38(20-25-17-13-10-14-18-25)35-31(41)29(23(3)4)37(6)33(43)45-8/h9,11-12,15-16,22-23,25-29,39H,10,13-14,17-21H2,1-8H3,(H,34,40)(H,35,41)/t26-,27-,28-,29-/m0/s1. The van der Waals surface area contributed by atoms with E-state index in [1.807, 2.05) is 58.0 Å². The summed E-state index contributed by atoms with van der Waals surface area (Å²) < 4.78 is 9.72. The maximum atomic E-state index is 13.7. The fourth-order valence-corrected chi connectivity index (χ4v) is 6.21. The van der Waals surface area contributed by atoms with E-state index in [-0.39, 0.29) is 24.3 Å². The van der Waals surface area contributed by atoms with Crippen molar-refractivity contribution in [2.24, 2.45) is 17.8 Å². The molecule has 0 spiro atoms. The van der Waals surface area contributed by atoms with Crippen molar-refractivity contribution in [3.8, 4) is 0 Å². The summed E-state index contributed by atoms with van der Waals surface area (Å²) >= 11 is 0. The van der Waals surface area contributed by atoms with Crippen LogP contribution in [0.1, 0.15) is 65.4 Å². The molecule has 0 radical (unpaired) electrons. The molecule has 1 saturated carbocycles. The van der Waals surface area contributed by atoms with Crippen LogP contribution in [0.2, 0.25) is 0 Å². The number of benzene rings is 1. The van der Waals surface area contributed by atoms with Gasteiger partial charge in [-0.2, -0.15) is 0 Å². The van der Waals surface area contributed by atoms with Crippen LogP contribution in [0.5, 0.6) is 0 Å². The number of carbonyl (C=O) groups is 4. The van der Waals surface area contributed by atoms with Gasteiger partial charge in [-0.3, -0.25) is 24.8 Å². The van der Waals surface area contributed by atoms with Gasteiger partial charge < -0.3 is 19.9 Å². The summed E-state index contributed by atoms with van der Waals surface area (Å²) in [5.74, 6) is -0.918. The lowest BCUT2D eigenvalue weighted by molar-refractivity contribution is -0.134. The third-order valence-corrected chi connectivity index (χ3v) is 8.53. The van der Waals surface area contributed by atoms with Crippen LogP contribution >= 0.6 is 0 Å². The molecule has 1 aliphatic rings. The second kappa shape index (κ2) is 18.6. The maximum Gasteiger partial charge on any atom is 0.409 e. The van der Waals surface area contributed by atoms with Crippen LogP contribution in [-0.4, -0.2) is 110 Å². The van der Waals surface area contributed by atoms with Gasteiger partial charge in [0.2, 0.25) is 5.91 Å². The Bertz CT molecular complexity index is 1080. The average molecular weight is 634 g/mol. The topological polar surface area (TPSA) is 141 Å². The number of aliphatic hydroxyl groups is 1. The number of methoxy groups -OCH3 is 2. The first-order chi connectivity index (χ1) is 21.3. The van der Waals surface area contributed by atoms with Gasteiger partial charge in [0.25, 0.3) is 5.91 Å². The van der Waals surface area contributed by atoms with Gasteiger partial charge in [0.1, 0.15) is 12.1 Å².